The summed E-state index contributed by atoms with van der Waals surface area (Å²) in [6.07, 6.45) is 5.53. The van der Waals surface area contributed by atoms with Crippen LogP contribution in [0.25, 0.3) is 0 Å². The van der Waals surface area contributed by atoms with E-state index in [9.17, 15) is 9.59 Å². The quantitative estimate of drug-likeness (QED) is 0.808. The summed E-state index contributed by atoms with van der Waals surface area (Å²) < 4.78 is 5.63. The molecule has 1 N–H and O–H groups in total. The summed E-state index contributed by atoms with van der Waals surface area (Å²) in [5, 5.41) is 6.95. The highest BCUT2D eigenvalue weighted by molar-refractivity contribution is 7.08. The number of likely N-dealkylation sites (tertiary alicyclic amines) is 2. The highest BCUT2D eigenvalue weighted by atomic mass is 32.1. The summed E-state index contributed by atoms with van der Waals surface area (Å²) in [6.45, 7) is 3.94. The molecule has 2 fully saturated rings. The summed E-state index contributed by atoms with van der Waals surface area (Å²) in [7, 11) is 0. The van der Waals surface area contributed by atoms with Crippen LogP contribution in [0.2, 0.25) is 0 Å². The van der Waals surface area contributed by atoms with E-state index in [1.807, 2.05) is 33.9 Å². The second kappa shape index (κ2) is 8.92. The maximum absolute atomic E-state index is 12.7. The van der Waals surface area contributed by atoms with E-state index in [2.05, 4.69) is 10.2 Å². The third-order valence-electron chi connectivity index (χ3n) is 5.84. The summed E-state index contributed by atoms with van der Waals surface area (Å²) in [5.74, 6) is 1.06. The molecule has 7 heteroatoms. The molecule has 4 rings (SSSR count). The van der Waals surface area contributed by atoms with Gasteiger partial charge in [0.2, 0.25) is 5.91 Å². The third-order valence-corrected chi connectivity index (χ3v) is 6.53. The van der Waals surface area contributed by atoms with E-state index in [1.54, 1.807) is 6.26 Å². The topological polar surface area (TPSA) is 65.8 Å². The van der Waals surface area contributed by atoms with Crippen molar-refractivity contribution in [2.24, 2.45) is 5.92 Å². The van der Waals surface area contributed by atoms with Gasteiger partial charge in [-0.3, -0.25) is 14.5 Å². The molecule has 0 radical (unpaired) electrons. The van der Waals surface area contributed by atoms with Crippen LogP contribution in [0.3, 0.4) is 0 Å². The van der Waals surface area contributed by atoms with E-state index in [-0.39, 0.29) is 23.8 Å². The van der Waals surface area contributed by atoms with Crippen molar-refractivity contribution in [2.45, 2.75) is 31.7 Å². The van der Waals surface area contributed by atoms with Crippen molar-refractivity contribution in [1.29, 1.82) is 0 Å². The van der Waals surface area contributed by atoms with Crippen molar-refractivity contribution < 1.29 is 14.0 Å². The van der Waals surface area contributed by atoms with Crippen molar-refractivity contribution in [1.82, 2.24) is 15.1 Å². The first-order chi connectivity index (χ1) is 13.7. The van der Waals surface area contributed by atoms with Crippen LogP contribution in [0.1, 0.15) is 47.8 Å². The van der Waals surface area contributed by atoms with Gasteiger partial charge in [0.25, 0.3) is 5.91 Å². The molecule has 0 bridgehead atoms. The Kier molecular flexibility index (Phi) is 6.12. The predicted molar refractivity (Wildman–Crippen MR) is 108 cm³/mol. The lowest BCUT2D eigenvalue weighted by Gasteiger charge is -2.32. The normalized spacial score (nSPS) is 19.6. The number of hydrogen-bond donors (Lipinski definition) is 1. The number of carbonyl (C=O) groups excluding carboxylic acids is 2. The first kappa shape index (κ1) is 19.2. The van der Waals surface area contributed by atoms with E-state index in [4.69, 9.17) is 4.42 Å². The Morgan fingerprint density at radius 1 is 1.18 bits per heavy atom. The molecule has 6 nitrogen and oxygen atoms in total. The van der Waals surface area contributed by atoms with Crippen molar-refractivity contribution >= 4 is 23.2 Å². The molecule has 28 heavy (non-hydrogen) atoms. The molecule has 2 amide bonds. The van der Waals surface area contributed by atoms with Gasteiger partial charge in [0.15, 0.2) is 0 Å². The molecule has 0 spiro atoms. The van der Waals surface area contributed by atoms with Gasteiger partial charge in [-0.05, 0) is 62.4 Å². The fourth-order valence-corrected chi connectivity index (χ4v) is 4.83. The molecule has 2 aliphatic heterocycles. The summed E-state index contributed by atoms with van der Waals surface area (Å²) in [5.41, 5.74) is 0.750. The minimum absolute atomic E-state index is 0.0256. The van der Waals surface area contributed by atoms with Crippen LogP contribution in [0.15, 0.2) is 39.6 Å². The van der Waals surface area contributed by atoms with Crippen molar-refractivity contribution in [3.8, 4) is 0 Å². The molecule has 2 saturated heterocycles. The highest BCUT2D eigenvalue weighted by Gasteiger charge is 2.30. The number of carbonyl (C=O) groups is 2. The molecular weight excluding hydrogens is 374 g/mol. The minimum atomic E-state index is -0.0256. The van der Waals surface area contributed by atoms with E-state index in [0.29, 0.717) is 19.6 Å². The van der Waals surface area contributed by atoms with Gasteiger partial charge in [-0.15, -0.1) is 0 Å². The standard InChI is InChI=1S/C21H27N3O3S/c25-20(16-5-10-24(11-6-16)21(26)17-7-13-28-15-17)22-14-18(19-4-3-12-27-19)23-8-1-2-9-23/h3-4,7,12-13,15-16,18H,1-2,5-6,8-11,14H2,(H,22,25)/t18-/m0/s1. The zero-order chi connectivity index (χ0) is 19.3. The lowest BCUT2D eigenvalue weighted by molar-refractivity contribution is -0.126. The molecule has 4 heterocycles. The molecule has 150 valence electrons. The molecule has 0 aromatic carbocycles. The molecular formula is C21H27N3O3S. The SMILES string of the molecule is O=C(NC[C@@H](c1ccco1)N1CCCC1)C1CCN(C(=O)c2ccsc2)CC1. The third kappa shape index (κ3) is 4.31. The van der Waals surface area contributed by atoms with Crippen LogP contribution < -0.4 is 5.32 Å². The number of furan rings is 1. The lowest BCUT2D eigenvalue weighted by atomic mass is 9.95. The average molecular weight is 402 g/mol. The summed E-state index contributed by atoms with van der Waals surface area (Å²) in [4.78, 5) is 29.4. The second-order valence-electron chi connectivity index (χ2n) is 7.60. The van der Waals surface area contributed by atoms with Crippen LogP contribution in [0.4, 0.5) is 0 Å². The lowest BCUT2D eigenvalue weighted by Crippen LogP contribution is -2.44. The average Bonchev–Trinajstić information content (AvgIpc) is 3.51. The van der Waals surface area contributed by atoms with E-state index < -0.39 is 0 Å². The zero-order valence-electron chi connectivity index (χ0n) is 16.0. The number of amides is 2. The van der Waals surface area contributed by atoms with E-state index in [0.717, 1.165) is 37.3 Å². The van der Waals surface area contributed by atoms with E-state index >= 15 is 0 Å². The maximum atomic E-state index is 12.7. The fourth-order valence-electron chi connectivity index (χ4n) is 4.20. The molecule has 2 aromatic heterocycles. The van der Waals surface area contributed by atoms with Crippen molar-refractivity contribution in [2.75, 3.05) is 32.7 Å². The fraction of sp³-hybridized carbons (Fsp3) is 0.524. The summed E-state index contributed by atoms with van der Waals surface area (Å²) in [6, 6.07) is 5.85. The van der Waals surface area contributed by atoms with Gasteiger partial charge in [0.05, 0.1) is 17.9 Å². The Hall–Kier alpha value is -2.12. The smallest absolute Gasteiger partial charge is 0.254 e. The Morgan fingerprint density at radius 3 is 2.61 bits per heavy atom. The molecule has 0 saturated carbocycles. The molecule has 1 atom stereocenters. The number of piperidine rings is 1. The molecule has 0 aliphatic carbocycles. The van der Waals surface area contributed by atoms with Crippen molar-refractivity contribution in [3.05, 3.63) is 46.5 Å². The Bertz CT molecular complexity index is 761. The second-order valence-corrected chi connectivity index (χ2v) is 8.38. The highest BCUT2D eigenvalue weighted by Crippen LogP contribution is 2.26. The van der Waals surface area contributed by atoms with E-state index in [1.165, 1.54) is 24.2 Å². The van der Waals surface area contributed by atoms with Gasteiger partial charge in [0.1, 0.15) is 5.76 Å². The number of hydrogen-bond acceptors (Lipinski definition) is 5. The van der Waals surface area contributed by atoms with Gasteiger partial charge in [-0.2, -0.15) is 11.3 Å². The van der Waals surface area contributed by atoms with Crippen molar-refractivity contribution in [3.63, 3.8) is 0 Å². The maximum Gasteiger partial charge on any atom is 0.254 e. The first-order valence-electron chi connectivity index (χ1n) is 10.1. The number of nitrogens with one attached hydrogen (secondary N) is 1. The Balaban J connectivity index is 1.28. The zero-order valence-corrected chi connectivity index (χ0v) is 16.8. The molecule has 2 aromatic rings. The number of rotatable bonds is 6. The Morgan fingerprint density at radius 2 is 1.96 bits per heavy atom. The predicted octanol–water partition coefficient (Wildman–Crippen LogP) is 3.15. The van der Waals surface area contributed by atoms with Crippen LogP contribution in [-0.4, -0.2) is 54.3 Å². The van der Waals surface area contributed by atoms with Crippen LogP contribution >= 0.6 is 11.3 Å². The van der Waals surface area contributed by atoms with Gasteiger partial charge in [-0.25, -0.2) is 0 Å². The van der Waals surface area contributed by atoms with Gasteiger partial charge in [0, 0.05) is 30.9 Å². The van der Waals surface area contributed by atoms with Gasteiger partial charge >= 0.3 is 0 Å². The minimum Gasteiger partial charge on any atom is -0.468 e. The molecule has 2 aliphatic rings. The van der Waals surface area contributed by atoms with Crippen LogP contribution in [0, 0.1) is 5.92 Å². The van der Waals surface area contributed by atoms with Gasteiger partial charge in [-0.1, -0.05) is 0 Å². The monoisotopic (exact) mass is 401 g/mol. The summed E-state index contributed by atoms with van der Waals surface area (Å²) >= 11 is 1.53. The Labute approximate surface area is 169 Å². The number of nitrogens with zero attached hydrogens (tertiary/aromatic N) is 2. The number of thiophene rings is 1. The van der Waals surface area contributed by atoms with Crippen LogP contribution in [-0.2, 0) is 4.79 Å². The molecule has 0 unspecified atom stereocenters. The van der Waals surface area contributed by atoms with Gasteiger partial charge < -0.3 is 14.6 Å². The van der Waals surface area contributed by atoms with Crippen LogP contribution in [0.5, 0.6) is 0 Å². The first-order valence-corrected chi connectivity index (χ1v) is 11.0. The largest absolute Gasteiger partial charge is 0.468 e.